The molecule has 0 aliphatic rings. The Hall–Kier alpha value is -3.14. The fraction of sp³-hybridized carbons (Fsp3) is 0.333. The van der Waals surface area contributed by atoms with Crippen molar-refractivity contribution in [3.05, 3.63) is 78.8 Å². The van der Waals surface area contributed by atoms with Crippen molar-refractivity contribution in [3.8, 4) is 28.1 Å². The van der Waals surface area contributed by atoms with Crippen LogP contribution in [0.4, 0.5) is 0 Å². The lowest BCUT2D eigenvalue weighted by Crippen LogP contribution is -2.17. The van der Waals surface area contributed by atoms with Gasteiger partial charge in [-0.05, 0) is 11.6 Å². The molecule has 4 rings (SSSR count). The Kier molecular flexibility index (Phi) is 5.12. The summed E-state index contributed by atoms with van der Waals surface area (Å²) in [6, 6.07) is 17.0. The molecule has 0 bridgehead atoms. The average molecular weight is 413 g/mol. The summed E-state index contributed by atoms with van der Waals surface area (Å²) in [5, 5.41) is 0. The van der Waals surface area contributed by atoms with E-state index >= 15 is 0 Å². The van der Waals surface area contributed by atoms with Gasteiger partial charge in [-0.15, -0.1) is 0 Å². The SMILES string of the molecule is Cn1cc(-c2ccccc2-c2ccccc2-n2cnc(C(C)(C)C)c2)nc1C(C)(C)C. The second-order valence-corrected chi connectivity index (χ2v) is 10.3. The Morgan fingerprint density at radius 2 is 1.32 bits per heavy atom. The Labute approximate surface area is 185 Å². The summed E-state index contributed by atoms with van der Waals surface area (Å²) in [7, 11) is 2.08. The number of hydrogen-bond donors (Lipinski definition) is 0. The van der Waals surface area contributed by atoms with Gasteiger partial charge in [-0.3, -0.25) is 0 Å². The van der Waals surface area contributed by atoms with Crippen molar-refractivity contribution in [1.82, 2.24) is 19.1 Å². The van der Waals surface area contributed by atoms with Crippen LogP contribution < -0.4 is 0 Å². The van der Waals surface area contributed by atoms with Gasteiger partial charge in [0.25, 0.3) is 0 Å². The molecule has 0 amide bonds. The van der Waals surface area contributed by atoms with E-state index in [0.717, 1.165) is 28.5 Å². The summed E-state index contributed by atoms with van der Waals surface area (Å²) >= 11 is 0. The number of aryl methyl sites for hydroxylation is 1. The number of hydrogen-bond acceptors (Lipinski definition) is 2. The minimum absolute atomic E-state index is 0.00934. The van der Waals surface area contributed by atoms with Gasteiger partial charge in [0.1, 0.15) is 5.82 Å². The molecule has 2 heterocycles. The van der Waals surface area contributed by atoms with Gasteiger partial charge in [0.15, 0.2) is 0 Å². The highest BCUT2D eigenvalue weighted by molar-refractivity contribution is 5.85. The normalized spacial score (nSPS) is 12.4. The van der Waals surface area contributed by atoms with Crippen LogP contribution in [0.25, 0.3) is 28.1 Å². The lowest BCUT2D eigenvalue weighted by molar-refractivity contribution is 0.523. The van der Waals surface area contributed by atoms with Crippen LogP contribution in [0.1, 0.15) is 53.1 Å². The molecule has 2 aromatic heterocycles. The standard InChI is InChI=1S/C27H32N4/c1-26(2,3)24-17-31(18-28-24)23-15-11-10-14-21(23)19-12-8-9-13-20(19)22-16-30(7)25(29-22)27(4,5)6/h8-18H,1-7H3. The molecular formula is C27H32N4. The molecule has 4 nitrogen and oxygen atoms in total. The highest BCUT2D eigenvalue weighted by Gasteiger charge is 2.22. The van der Waals surface area contributed by atoms with E-state index in [1.807, 2.05) is 6.33 Å². The van der Waals surface area contributed by atoms with Crippen molar-refractivity contribution in [2.45, 2.75) is 52.4 Å². The third-order valence-electron chi connectivity index (χ3n) is 5.57. The highest BCUT2D eigenvalue weighted by Crippen LogP contribution is 2.36. The number of imidazole rings is 2. The molecule has 0 N–H and O–H groups in total. The third kappa shape index (κ3) is 4.07. The predicted molar refractivity (Wildman–Crippen MR) is 129 cm³/mol. The second-order valence-electron chi connectivity index (χ2n) is 10.3. The van der Waals surface area contributed by atoms with Crippen molar-refractivity contribution in [3.63, 3.8) is 0 Å². The number of rotatable bonds is 3. The first-order chi connectivity index (χ1) is 14.6. The van der Waals surface area contributed by atoms with Crippen LogP contribution in [-0.4, -0.2) is 19.1 Å². The maximum atomic E-state index is 5.02. The van der Waals surface area contributed by atoms with Gasteiger partial charge in [0.2, 0.25) is 0 Å². The van der Waals surface area contributed by atoms with Crippen molar-refractivity contribution >= 4 is 0 Å². The molecule has 160 valence electrons. The summed E-state index contributed by atoms with van der Waals surface area (Å²) in [6.07, 6.45) is 6.19. The summed E-state index contributed by atoms with van der Waals surface area (Å²) in [6.45, 7) is 13.2. The number of nitrogens with zero attached hydrogens (tertiary/aromatic N) is 4. The Morgan fingerprint density at radius 1 is 0.710 bits per heavy atom. The molecule has 0 saturated carbocycles. The summed E-state index contributed by atoms with van der Waals surface area (Å²) in [5.74, 6) is 1.08. The fourth-order valence-electron chi connectivity index (χ4n) is 4.00. The quantitative estimate of drug-likeness (QED) is 0.383. The van der Waals surface area contributed by atoms with Crippen LogP contribution in [0.2, 0.25) is 0 Å². The molecule has 0 unspecified atom stereocenters. The molecule has 0 spiro atoms. The largest absolute Gasteiger partial charge is 0.337 e. The molecule has 0 atom stereocenters. The van der Waals surface area contributed by atoms with E-state index in [1.165, 1.54) is 11.1 Å². The molecule has 0 fully saturated rings. The lowest BCUT2D eigenvalue weighted by Gasteiger charge is -2.17. The van der Waals surface area contributed by atoms with Gasteiger partial charge in [-0.2, -0.15) is 0 Å². The van der Waals surface area contributed by atoms with E-state index in [4.69, 9.17) is 4.98 Å². The predicted octanol–water partition coefficient (Wildman–Crippen LogP) is 6.53. The maximum absolute atomic E-state index is 5.02. The van der Waals surface area contributed by atoms with Gasteiger partial charge in [0, 0.05) is 41.4 Å². The van der Waals surface area contributed by atoms with E-state index in [1.54, 1.807) is 0 Å². The van der Waals surface area contributed by atoms with Crippen molar-refractivity contribution in [2.24, 2.45) is 7.05 Å². The van der Waals surface area contributed by atoms with E-state index in [-0.39, 0.29) is 10.8 Å². The monoisotopic (exact) mass is 412 g/mol. The van der Waals surface area contributed by atoms with E-state index in [9.17, 15) is 0 Å². The molecule has 31 heavy (non-hydrogen) atoms. The molecule has 0 aliphatic carbocycles. The fourth-order valence-corrected chi connectivity index (χ4v) is 4.00. The number of aromatic nitrogens is 4. The minimum Gasteiger partial charge on any atom is -0.337 e. The maximum Gasteiger partial charge on any atom is 0.114 e. The third-order valence-corrected chi connectivity index (χ3v) is 5.57. The molecule has 4 heteroatoms. The Morgan fingerprint density at radius 3 is 1.90 bits per heavy atom. The van der Waals surface area contributed by atoms with Crippen LogP contribution in [0, 0.1) is 0 Å². The van der Waals surface area contributed by atoms with Gasteiger partial charge in [-0.1, -0.05) is 84.0 Å². The first-order valence-electron chi connectivity index (χ1n) is 10.8. The zero-order valence-electron chi connectivity index (χ0n) is 19.6. The zero-order chi connectivity index (χ0) is 22.4. The zero-order valence-corrected chi connectivity index (χ0v) is 19.6. The Bertz CT molecular complexity index is 1210. The number of para-hydroxylation sites is 1. The lowest BCUT2D eigenvalue weighted by atomic mass is 9.93. The topological polar surface area (TPSA) is 35.6 Å². The molecular weight excluding hydrogens is 380 g/mol. The van der Waals surface area contributed by atoms with Crippen LogP contribution in [0.15, 0.2) is 67.3 Å². The van der Waals surface area contributed by atoms with Crippen LogP contribution >= 0.6 is 0 Å². The van der Waals surface area contributed by atoms with E-state index in [0.29, 0.717) is 0 Å². The van der Waals surface area contributed by atoms with E-state index < -0.39 is 0 Å². The van der Waals surface area contributed by atoms with Crippen LogP contribution in [0.3, 0.4) is 0 Å². The van der Waals surface area contributed by atoms with Crippen molar-refractivity contribution in [2.75, 3.05) is 0 Å². The highest BCUT2D eigenvalue weighted by atomic mass is 15.1. The van der Waals surface area contributed by atoms with E-state index in [2.05, 4.69) is 124 Å². The van der Waals surface area contributed by atoms with Crippen LogP contribution in [-0.2, 0) is 17.9 Å². The minimum atomic E-state index is -0.0139. The van der Waals surface area contributed by atoms with Crippen molar-refractivity contribution in [1.29, 1.82) is 0 Å². The first-order valence-corrected chi connectivity index (χ1v) is 10.8. The summed E-state index contributed by atoms with van der Waals surface area (Å²) in [5.41, 5.74) is 6.66. The first kappa shape index (κ1) is 21.1. The van der Waals surface area contributed by atoms with Gasteiger partial charge < -0.3 is 9.13 Å². The molecule has 0 aliphatic heterocycles. The van der Waals surface area contributed by atoms with Gasteiger partial charge >= 0.3 is 0 Å². The van der Waals surface area contributed by atoms with Gasteiger partial charge in [-0.25, -0.2) is 9.97 Å². The summed E-state index contributed by atoms with van der Waals surface area (Å²) in [4.78, 5) is 9.69. The van der Waals surface area contributed by atoms with Crippen LogP contribution in [0.5, 0.6) is 0 Å². The average Bonchev–Trinajstić information content (AvgIpc) is 3.35. The second kappa shape index (κ2) is 7.52. The molecule has 2 aromatic carbocycles. The summed E-state index contributed by atoms with van der Waals surface area (Å²) < 4.78 is 4.27. The molecule has 0 saturated heterocycles. The Balaban J connectivity index is 1.86. The number of benzene rings is 2. The van der Waals surface area contributed by atoms with Gasteiger partial charge in [0.05, 0.1) is 23.4 Å². The van der Waals surface area contributed by atoms with Crippen molar-refractivity contribution < 1.29 is 0 Å². The smallest absolute Gasteiger partial charge is 0.114 e. The molecule has 0 radical (unpaired) electrons. The molecule has 4 aromatic rings.